The average molecular weight is 193 g/mol. The van der Waals surface area contributed by atoms with E-state index in [0.717, 1.165) is 18.5 Å². The fourth-order valence-corrected chi connectivity index (χ4v) is 1.11. The molecule has 0 spiro atoms. The third-order valence-electron chi connectivity index (χ3n) is 1.87. The van der Waals surface area contributed by atoms with E-state index in [1.807, 2.05) is 26.8 Å². The molecule has 1 amide bonds. The van der Waals surface area contributed by atoms with E-state index in [9.17, 15) is 4.79 Å². The quantitative estimate of drug-likeness (QED) is 0.671. The minimum Gasteiger partial charge on any atom is -0.323 e. The van der Waals surface area contributed by atoms with Crippen LogP contribution in [0.4, 0.5) is 0 Å². The summed E-state index contributed by atoms with van der Waals surface area (Å²) >= 11 is 0. The molecule has 1 N–H and O–H groups in total. The van der Waals surface area contributed by atoms with Gasteiger partial charge in [-0.2, -0.15) is 0 Å². The molecule has 1 aliphatic rings. The highest BCUT2D eigenvalue weighted by molar-refractivity contribution is 5.88. The lowest BCUT2D eigenvalue weighted by atomic mass is 10.0. The molecule has 0 radical (unpaired) electrons. The Kier molecular flexibility index (Phi) is 6.46. The summed E-state index contributed by atoms with van der Waals surface area (Å²) in [6.45, 7) is 9.42. The number of allylic oxidation sites excluding steroid dienone is 3. The molecular weight excluding hydrogens is 174 g/mol. The molecule has 0 aliphatic heterocycles. The lowest BCUT2D eigenvalue weighted by Gasteiger charge is -2.12. The van der Waals surface area contributed by atoms with Crippen LogP contribution in [0.5, 0.6) is 0 Å². The van der Waals surface area contributed by atoms with Gasteiger partial charge in [0.2, 0.25) is 5.91 Å². The zero-order valence-corrected chi connectivity index (χ0v) is 9.26. The molecule has 78 valence electrons. The zero-order valence-electron chi connectivity index (χ0n) is 9.26. The number of hydrogen-bond donors (Lipinski definition) is 1. The summed E-state index contributed by atoms with van der Waals surface area (Å²) in [5.41, 5.74) is 2.15. The first-order chi connectivity index (χ1) is 6.74. The van der Waals surface area contributed by atoms with E-state index >= 15 is 0 Å². The van der Waals surface area contributed by atoms with E-state index < -0.39 is 0 Å². The standard InChI is InChI=1S/C10H13NO.C2H6/c1-3-10(12)11-9-7-5-4-6-8(9)2;1-2/h3,5,7H,1,4,6H2,2H3,(H,11,12);1-2H3. The third kappa shape index (κ3) is 4.08. The van der Waals surface area contributed by atoms with Crippen LogP contribution in [-0.4, -0.2) is 5.91 Å². The highest BCUT2D eigenvalue weighted by Crippen LogP contribution is 2.15. The SMILES string of the molecule is C=CC(=O)NC1=C(C)CCC=C1.CC. The molecule has 0 fully saturated rings. The van der Waals surface area contributed by atoms with Gasteiger partial charge in [-0.3, -0.25) is 4.79 Å². The van der Waals surface area contributed by atoms with E-state index in [1.54, 1.807) is 0 Å². The van der Waals surface area contributed by atoms with Crippen molar-refractivity contribution in [3.05, 3.63) is 36.1 Å². The van der Waals surface area contributed by atoms with Crippen LogP contribution in [0.25, 0.3) is 0 Å². The topological polar surface area (TPSA) is 29.1 Å². The van der Waals surface area contributed by atoms with E-state index in [4.69, 9.17) is 0 Å². The number of nitrogens with one attached hydrogen (secondary N) is 1. The number of amides is 1. The van der Waals surface area contributed by atoms with Crippen molar-refractivity contribution in [1.29, 1.82) is 0 Å². The highest BCUT2D eigenvalue weighted by Gasteiger charge is 2.04. The first-order valence-electron chi connectivity index (χ1n) is 5.03. The molecule has 0 aromatic rings. The van der Waals surface area contributed by atoms with Crippen LogP contribution < -0.4 is 5.32 Å². The Balaban J connectivity index is 0.000000791. The molecule has 1 aliphatic carbocycles. The van der Waals surface area contributed by atoms with Crippen LogP contribution in [-0.2, 0) is 4.79 Å². The van der Waals surface area contributed by atoms with E-state index in [-0.39, 0.29) is 5.91 Å². The Morgan fingerprint density at radius 2 is 2.21 bits per heavy atom. The van der Waals surface area contributed by atoms with Crippen LogP contribution in [0.2, 0.25) is 0 Å². The lowest BCUT2D eigenvalue weighted by Crippen LogP contribution is -2.20. The van der Waals surface area contributed by atoms with Crippen molar-refractivity contribution < 1.29 is 4.79 Å². The summed E-state index contributed by atoms with van der Waals surface area (Å²) in [6.07, 6.45) is 7.39. The zero-order chi connectivity index (χ0) is 11.0. The summed E-state index contributed by atoms with van der Waals surface area (Å²) in [6, 6.07) is 0. The summed E-state index contributed by atoms with van der Waals surface area (Å²) < 4.78 is 0. The number of hydrogen-bond acceptors (Lipinski definition) is 1. The molecular formula is C12H19NO. The van der Waals surface area contributed by atoms with Gasteiger partial charge in [0.05, 0.1) is 0 Å². The molecule has 0 saturated heterocycles. The van der Waals surface area contributed by atoms with Gasteiger partial charge in [0.1, 0.15) is 0 Å². The molecule has 0 saturated carbocycles. The third-order valence-corrected chi connectivity index (χ3v) is 1.87. The predicted octanol–water partition coefficient (Wildman–Crippen LogP) is 2.94. The maximum Gasteiger partial charge on any atom is 0.247 e. The molecule has 0 unspecified atom stereocenters. The fraction of sp³-hybridized carbons (Fsp3) is 0.417. The van der Waals surface area contributed by atoms with E-state index in [2.05, 4.69) is 18.0 Å². The Morgan fingerprint density at radius 1 is 1.57 bits per heavy atom. The Hall–Kier alpha value is -1.31. The van der Waals surface area contributed by atoms with Crippen molar-refractivity contribution in [2.45, 2.75) is 33.6 Å². The Morgan fingerprint density at radius 3 is 2.71 bits per heavy atom. The van der Waals surface area contributed by atoms with Crippen molar-refractivity contribution in [2.75, 3.05) is 0 Å². The normalized spacial score (nSPS) is 14.2. The van der Waals surface area contributed by atoms with E-state index in [0.29, 0.717) is 0 Å². The van der Waals surface area contributed by atoms with Gasteiger partial charge >= 0.3 is 0 Å². The van der Waals surface area contributed by atoms with Gasteiger partial charge in [0.15, 0.2) is 0 Å². The minimum atomic E-state index is -0.143. The lowest BCUT2D eigenvalue weighted by molar-refractivity contribution is -0.115. The Bertz CT molecular complexity index is 261. The molecule has 2 heteroatoms. The van der Waals surface area contributed by atoms with Crippen LogP contribution in [0, 0.1) is 0 Å². The molecule has 1 rings (SSSR count). The Labute approximate surface area is 86.4 Å². The van der Waals surface area contributed by atoms with Crippen molar-refractivity contribution in [1.82, 2.24) is 5.32 Å². The molecule has 0 bridgehead atoms. The van der Waals surface area contributed by atoms with Gasteiger partial charge in [-0.25, -0.2) is 0 Å². The van der Waals surface area contributed by atoms with Crippen molar-refractivity contribution in [3.8, 4) is 0 Å². The van der Waals surface area contributed by atoms with Gasteiger partial charge < -0.3 is 5.32 Å². The summed E-state index contributed by atoms with van der Waals surface area (Å²) in [5.74, 6) is -0.143. The number of rotatable bonds is 2. The van der Waals surface area contributed by atoms with Crippen molar-refractivity contribution in [2.24, 2.45) is 0 Å². The predicted molar refractivity (Wildman–Crippen MR) is 60.8 cm³/mol. The van der Waals surface area contributed by atoms with Crippen molar-refractivity contribution >= 4 is 5.91 Å². The first kappa shape index (κ1) is 12.7. The molecule has 2 nitrogen and oxygen atoms in total. The largest absolute Gasteiger partial charge is 0.323 e. The van der Waals surface area contributed by atoms with Gasteiger partial charge in [-0.1, -0.05) is 26.5 Å². The minimum absolute atomic E-state index is 0.143. The monoisotopic (exact) mass is 193 g/mol. The van der Waals surface area contributed by atoms with Gasteiger partial charge in [-0.15, -0.1) is 0 Å². The second-order valence-corrected chi connectivity index (χ2v) is 2.83. The average Bonchev–Trinajstić information content (AvgIpc) is 2.24. The smallest absolute Gasteiger partial charge is 0.247 e. The molecule has 0 atom stereocenters. The molecule has 14 heavy (non-hydrogen) atoms. The van der Waals surface area contributed by atoms with Crippen LogP contribution in [0.1, 0.15) is 33.6 Å². The summed E-state index contributed by atoms with van der Waals surface area (Å²) in [5, 5.41) is 2.75. The first-order valence-corrected chi connectivity index (χ1v) is 5.03. The number of carbonyl (C=O) groups is 1. The second-order valence-electron chi connectivity index (χ2n) is 2.83. The fourth-order valence-electron chi connectivity index (χ4n) is 1.11. The van der Waals surface area contributed by atoms with Gasteiger partial charge in [0, 0.05) is 5.70 Å². The maximum atomic E-state index is 10.9. The maximum absolute atomic E-state index is 10.9. The van der Waals surface area contributed by atoms with Crippen LogP contribution in [0.3, 0.4) is 0 Å². The van der Waals surface area contributed by atoms with Crippen LogP contribution >= 0.6 is 0 Å². The van der Waals surface area contributed by atoms with Crippen LogP contribution in [0.15, 0.2) is 36.1 Å². The molecule has 0 aromatic heterocycles. The van der Waals surface area contributed by atoms with Gasteiger partial charge in [-0.05, 0) is 37.5 Å². The second kappa shape index (κ2) is 7.13. The number of carbonyl (C=O) groups excluding carboxylic acids is 1. The molecule has 0 aromatic carbocycles. The summed E-state index contributed by atoms with van der Waals surface area (Å²) in [4.78, 5) is 10.9. The van der Waals surface area contributed by atoms with E-state index in [1.165, 1.54) is 11.6 Å². The summed E-state index contributed by atoms with van der Waals surface area (Å²) in [7, 11) is 0. The highest BCUT2D eigenvalue weighted by atomic mass is 16.1. The molecule has 0 heterocycles. The van der Waals surface area contributed by atoms with Gasteiger partial charge in [0.25, 0.3) is 0 Å². The van der Waals surface area contributed by atoms with Crippen molar-refractivity contribution in [3.63, 3.8) is 0 Å².